The van der Waals surface area contributed by atoms with E-state index in [0.29, 0.717) is 24.5 Å². The van der Waals surface area contributed by atoms with Crippen LogP contribution in [0.2, 0.25) is 0 Å². The van der Waals surface area contributed by atoms with E-state index in [4.69, 9.17) is 4.74 Å². The molecule has 2 aromatic rings. The van der Waals surface area contributed by atoms with E-state index in [1.807, 2.05) is 25.1 Å². The highest BCUT2D eigenvalue weighted by atomic mass is 79.9. The highest BCUT2D eigenvalue weighted by Gasteiger charge is 2.23. The lowest BCUT2D eigenvalue weighted by molar-refractivity contribution is -0.114. The van der Waals surface area contributed by atoms with Gasteiger partial charge in [-0.15, -0.1) is 0 Å². The fourth-order valence-electron chi connectivity index (χ4n) is 2.85. The van der Waals surface area contributed by atoms with Crippen molar-refractivity contribution in [3.63, 3.8) is 0 Å². The Bertz CT molecular complexity index is 976. The first kappa shape index (κ1) is 23.2. The molecular weight excluding hydrogens is 458 g/mol. The van der Waals surface area contributed by atoms with Crippen LogP contribution in [0.3, 0.4) is 0 Å². The van der Waals surface area contributed by atoms with Crippen molar-refractivity contribution in [2.45, 2.75) is 25.7 Å². The van der Waals surface area contributed by atoms with Crippen molar-refractivity contribution in [2.24, 2.45) is 0 Å². The smallest absolute Gasteiger partial charge is 0.243 e. The van der Waals surface area contributed by atoms with Gasteiger partial charge in [0.1, 0.15) is 5.75 Å². The van der Waals surface area contributed by atoms with Crippen molar-refractivity contribution >= 4 is 43.2 Å². The Morgan fingerprint density at radius 1 is 1.10 bits per heavy atom. The van der Waals surface area contributed by atoms with E-state index in [9.17, 15) is 13.2 Å². The molecule has 0 aliphatic carbocycles. The Morgan fingerprint density at radius 2 is 1.79 bits per heavy atom. The lowest BCUT2D eigenvalue weighted by Gasteiger charge is -2.19. The van der Waals surface area contributed by atoms with Crippen LogP contribution in [-0.4, -0.2) is 45.4 Å². The van der Waals surface area contributed by atoms with Crippen LogP contribution in [0.4, 0.5) is 11.4 Å². The molecule has 158 valence electrons. The van der Waals surface area contributed by atoms with E-state index in [2.05, 4.69) is 26.6 Å². The number of anilines is 2. The zero-order valence-electron chi connectivity index (χ0n) is 17.0. The Hall–Kier alpha value is -2.10. The number of benzene rings is 2. The summed E-state index contributed by atoms with van der Waals surface area (Å²) < 4.78 is 33.1. The number of ether oxygens (including phenoxy) is 1. The summed E-state index contributed by atoms with van der Waals surface area (Å²) in [7, 11) is -2.18. The summed E-state index contributed by atoms with van der Waals surface area (Å²) in [6.07, 6.45) is 0. The topological polar surface area (TPSA) is 87.7 Å². The molecule has 2 rings (SSSR count). The number of nitrogens with zero attached hydrogens (tertiary/aromatic N) is 1. The van der Waals surface area contributed by atoms with E-state index in [0.717, 1.165) is 15.7 Å². The lowest BCUT2D eigenvalue weighted by atomic mass is 10.2. The SMILES string of the molecule is CCN(CC)S(=O)(=O)c1ccc(OC)c(NC(=O)CNc2ccc(Br)cc2C)c1. The zero-order chi connectivity index (χ0) is 21.6. The van der Waals surface area contributed by atoms with Gasteiger partial charge in [-0.25, -0.2) is 8.42 Å². The average Bonchev–Trinajstić information content (AvgIpc) is 2.68. The van der Waals surface area contributed by atoms with Crippen LogP contribution >= 0.6 is 15.9 Å². The van der Waals surface area contributed by atoms with Gasteiger partial charge in [0.25, 0.3) is 0 Å². The van der Waals surface area contributed by atoms with E-state index in [1.54, 1.807) is 13.8 Å². The minimum atomic E-state index is -3.64. The summed E-state index contributed by atoms with van der Waals surface area (Å²) in [6.45, 7) is 6.26. The number of halogens is 1. The number of methoxy groups -OCH3 is 1. The van der Waals surface area contributed by atoms with Gasteiger partial charge in [0.15, 0.2) is 0 Å². The molecule has 0 fully saturated rings. The summed E-state index contributed by atoms with van der Waals surface area (Å²) in [5.74, 6) is 0.0691. The molecule has 29 heavy (non-hydrogen) atoms. The van der Waals surface area contributed by atoms with E-state index < -0.39 is 10.0 Å². The average molecular weight is 484 g/mol. The first-order valence-electron chi connectivity index (χ1n) is 9.21. The third-order valence-corrected chi connectivity index (χ3v) is 6.96. The molecule has 9 heteroatoms. The molecule has 0 heterocycles. The van der Waals surface area contributed by atoms with Crippen molar-refractivity contribution in [3.8, 4) is 5.75 Å². The van der Waals surface area contributed by atoms with Gasteiger partial charge >= 0.3 is 0 Å². The van der Waals surface area contributed by atoms with Gasteiger partial charge in [-0.2, -0.15) is 4.31 Å². The molecule has 0 saturated carbocycles. The molecule has 0 aliphatic rings. The van der Waals surface area contributed by atoms with Crippen LogP contribution in [0.25, 0.3) is 0 Å². The molecule has 0 aliphatic heterocycles. The molecular formula is C20H26BrN3O4S. The fraction of sp³-hybridized carbons (Fsp3) is 0.350. The molecule has 0 aromatic heterocycles. The molecule has 0 unspecified atom stereocenters. The first-order chi connectivity index (χ1) is 13.7. The number of carbonyl (C=O) groups is 1. The van der Waals surface area contributed by atoms with Crippen LogP contribution in [0, 0.1) is 6.92 Å². The van der Waals surface area contributed by atoms with Gasteiger partial charge < -0.3 is 15.4 Å². The normalized spacial score (nSPS) is 11.4. The van der Waals surface area contributed by atoms with Gasteiger partial charge in [-0.3, -0.25) is 4.79 Å². The van der Waals surface area contributed by atoms with Crippen LogP contribution in [0.5, 0.6) is 5.75 Å². The van der Waals surface area contributed by atoms with Crippen molar-refractivity contribution < 1.29 is 17.9 Å². The van der Waals surface area contributed by atoms with Gasteiger partial charge in [-0.05, 0) is 48.9 Å². The van der Waals surface area contributed by atoms with Crippen molar-refractivity contribution in [2.75, 3.05) is 37.4 Å². The number of hydrogen-bond donors (Lipinski definition) is 2. The van der Waals surface area contributed by atoms with Gasteiger partial charge in [0, 0.05) is 23.2 Å². The summed E-state index contributed by atoms with van der Waals surface area (Å²) in [5, 5.41) is 5.81. The molecule has 0 saturated heterocycles. The van der Waals surface area contributed by atoms with E-state index >= 15 is 0 Å². The highest BCUT2D eigenvalue weighted by molar-refractivity contribution is 9.10. The Morgan fingerprint density at radius 3 is 2.38 bits per heavy atom. The highest BCUT2D eigenvalue weighted by Crippen LogP contribution is 2.29. The molecule has 0 radical (unpaired) electrons. The molecule has 0 spiro atoms. The monoisotopic (exact) mass is 483 g/mol. The predicted octanol–water partition coefficient (Wildman–Crippen LogP) is 3.85. The molecule has 0 bridgehead atoms. The van der Waals surface area contributed by atoms with Crippen LogP contribution < -0.4 is 15.4 Å². The summed E-state index contributed by atoms with van der Waals surface area (Å²) in [6, 6.07) is 10.2. The molecule has 2 aromatic carbocycles. The van der Waals surface area contributed by atoms with Gasteiger partial charge in [0.2, 0.25) is 15.9 Å². The summed E-state index contributed by atoms with van der Waals surface area (Å²) in [4.78, 5) is 12.5. The number of amides is 1. The van der Waals surface area contributed by atoms with Crippen LogP contribution in [0.1, 0.15) is 19.4 Å². The third-order valence-electron chi connectivity index (χ3n) is 4.42. The molecule has 2 N–H and O–H groups in total. The first-order valence-corrected chi connectivity index (χ1v) is 11.4. The van der Waals surface area contributed by atoms with E-state index in [1.165, 1.54) is 29.6 Å². The summed E-state index contributed by atoms with van der Waals surface area (Å²) >= 11 is 3.41. The second-order valence-corrected chi connectivity index (χ2v) is 9.17. The van der Waals surface area contributed by atoms with E-state index in [-0.39, 0.29) is 17.3 Å². The van der Waals surface area contributed by atoms with Crippen LogP contribution in [0.15, 0.2) is 45.8 Å². The second kappa shape index (κ2) is 10.1. The number of carbonyl (C=O) groups excluding carboxylic acids is 1. The van der Waals surface area contributed by atoms with Crippen molar-refractivity contribution in [3.05, 3.63) is 46.4 Å². The van der Waals surface area contributed by atoms with Crippen molar-refractivity contribution in [1.82, 2.24) is 4.31 Å². The molecule has 1 amide bonds. The quantitative estimate of drug-likeness (QED) is 0.565. The number of hydrogen-bond acceptors (Lipinski definition) is 5. The third kappa shape index (κ3) is 5.71. The minimum Gasteiger partial charge on any atom is -0.495 e. The number of rotatable bonds is 9. The second-order valence-electron chi connectivity index (χ2n) is 6.31. The largest absolute Gasteiger partial charge is 0.495 e. The fourth-order valence-corrected chi connectivity index (χ4v) is 4.81. The maximum absolute atomic E-state index is 12.8. The van der Waals surface area contributed by atoms with Gasteiger partial charge in [0.05, 0.1) is 24.2 Å². The van der Waals surface area contributed by atoms with Crippen LogP contribution in [-0.2, 0) is 14.8 Å². The Labute approximate surface area is 180 Å². The minimum absolute atomic E-state index is 0.0264. The Kier molecular flexibility index (Phi) is 8.06. The molecule has 7 nitrogen and oxygen atoms in total. The Balaban J connectivity index is 2.19. The predicted molar refractivity (Wildman–Crippen MR) is 119 cm³/mol. The number of aryl methyl sites for hydroxylation is 1. The number of nitrogens with one attached hydrogen (secondary N) is 2. The summed E-state index contributed by atoms with van der Waals surface area (Å²) in [5.41, 5.74) is 2.14. The maximum atomic E-state index is 12.8. The zero-order valence-corrected chi connectivity index (χ0v) is 19.4. The standard InChI is InChI=1S/C20H26BrN3O4S/c1-5-24(6-2)29(26,27)16-8-10-19(28-4)18(12-16)23-20(25)13-22-17-9-7-15(21)11-14(17)3/h7-12,22H,5-6,13H2,1-4H3,(H,23,25). The lowest BCUT2D eigenvalue weighted by Crippen LogP contribution is -2.30. The molecule has 0 atom stereocenters. The number of sulfonamides is 1. The maximum Gasteiger partial charge on any atom is 0.243 e. The van der Waals surface area contributed by atoms with Gasteiger partial charge in [-0.1, -0.05) is 29.8 Å². The van der Waals surface area contributed by atoms with Crippen molar-refractivity contribution in [1.29, 1.82) is 0 Å².